The second-order valence-electron chi connectivity index (χ2n) is 5.05. The third-order valence-electron chi connectivity index (χ3n) is 3.55. The van der Waals surface area contributed by atoms with Gasteiger partial charge >= 0.3 is 0 Å². The summed E-state index contributed by atoms with van der Waals surface area (Å²) in [5.74, 6) is 1.81. The van der Waals surface area contributed by atoms with Crippen LogP contribution in [0, 0.1) is 0 Å². The van der Waals surface area contributed by atoms with Gasteiger partial charge in [0.15, 0.2) is 6.10 Å². The van der Waals surface area contributed by atoms with Gasteiger partial charge in [0.1, 0.15) is 17.3 Å². The number of ether oxygens (including phenoxy) is 1. The molecule has 1 atom stereocenters. The summed E-state index contributed by atoms with van der Waals surface area (Å²) in [5, 5.41) is 3.40. The van der Waals surface area contributed by atoms with E-state index in [0.717, 1.165) is 49.9 Å². The van der Waals surface area contributed by atoms with Crippen molar-refractivity contribution in [3.63, 3.8) is 0 Å². The number of nitrogens with two attached hydrogens (primary N) is 1. The molecule has 5 nitrogen and oxygen atoms in total. The summed E-state index contributed by atoms with van der Waals surface area (Å²) in [6.07, 6.45) is 1.12. The van der Waals surface area contributed by atoms with Crippen molar-refractivity contribution in [2.45, 2.75) is 19.4 Å². The molecule has 1 aromatic rings. The lowest BCUT2D eigenvalue weighted by atomic mass is 10.2. The number of nitrogen functional groups attached to an aromatic ring is 1. The molecule has 5 heteroatoms. The van der Waals surface area contributed by atoms with E-state index in [1.807, 2.05) is 25.1 Å². The summed E-state index contributed by atoms with van der Waals surface area (Å²) in [5.41, 5.74) is 7.36. The Morgan fingerprint density at radius 3 is 3.16 bits per heavy atom. The molecule has 3 N–H and O–H groups in total. The van der Waals surface area contributed by atoms with Gasteiger partial charge in [-0.1, -0.05) is 0 Å². The van der Waals surface area contributed by atoms with Gasteiger partial charge in [0.05, 0.1) is 0 Å². The lowest BCUT2D eigenvalue weighted by Crippen LogP contribution is -2.43. The Bertz CT molecular complexity index is 492. The maximum atomic E-state index is 5.95. The molecular weight excluding hydrogens is 240 g/mol. The molecule has 0 aromatic heterocycles. The standard InChI is InChI=1S/C14H20N4O/c1-10-14(18-7-2-5-16-6-8-18)17-12-4-3-11(15)9-13(12)19-10/h3-4,9-10,16H,2,5-8,15H2,1H3. The predicted octanol–water partition coefficient (Wildman–Crippen LogP) is 1.37. The Hall–Kier alpha value is -1.75. The van der Waals surface area contributed by atoms with Gasteiger partial charge in [-0.2, -0.15) is 0 Å². The van der Waals surface area contributed by atoms with E-state index >= 15 is 0 Å². The van der Waals surface area contributed by atoms with Crippen LogP contribution in [0.1, 0.15) is 13.3 Å². The molecule has 0 amide bonds. The molecule has 2 heterocycles. The average Bonchev–Trinajstić information content (AvgIpc) is 2.66. The van der Waals surface area contributed by atoms with Crippen LogP contribution in [0.25, 0.3) is 0 Å². The number of hydrogen-bond acceptors (Lipinski definition) is 5. The van der Waals surface area contributed by atoms with Crippen LogP contribution in [0.3, 0.4) is 0 Å². The van der Waals surface area contributed by atoms with Crippen molar-refractivity contribution in [2.24, 2.45) is 4.99 Å². The normalized spacial score (nSPS) is 23.1. The molecule has 0 bridgehead atoms. The molecule has 19 heavy (non-hydrogen) atoms. The van der Waals surface area contributed by atoms with Gasteiger partial charge in [0, 0.05) is 31.4 Å². The van der Waals surface area contributed by atoms with Crippen LogP contribution in [0.5, 0.6) is 5.75 Å². The Balaban J connectivity index is 1.90. The van der Waals surface area contributed by atoms with Crippen molar-refractivity contribution in [3.8, 4) is 5.75 Å². The summed E-state index contributed by atoms with van der Waals surface area (Å²) in [7, 11) is 0. The van der Waals surface area contributed by atoms with Crippen molar-refractivity contribution in [1.29, 1.82) is 0 Å². The first-order chi connectivity index (χ1) is 9.24. The van der Waals surface area contributed by atoms with E-state index in [-0.39, 0.29) is 6.10 Å². The van der Waals surface area contributed by atoms with Crippen LogP contribution in [0.15, 0.2) is 23.2 Å². The van der Waals surface area contributed by atoms with Crippen molar-refractivity contribution < 1.29 is 4.74 Å². The molecule has 1 aromatic carbocycles. The molecule has 1 unspecified atom stereocenters. The number of nitrogens with one attached hydrogen (secondary N) is 1. The fraction of sp³-hybridized carbons (Fsp3) is 0.500. The SMILES string of the molecule is CC1Oc2cc(N)ccc2N=C1N1CCCNCC1. The van der Waals surface area contributed by atoms with E-state index in [4.69, 9.17) is 15.5 Å². The summed E-state index contributed by atoms with van der Waals surface area (Å²) in [6, 6.07) is 5.63. The summed E-state index contributed by atoms with van der Waals surface area (Å²) in [4.78, 5) is 7.09. The zero-order chi connectivity index (χ0) is 13.2. The minimum atomic E-state index is -0.0209. The first-order valence-corrected chi connectivity index (χ1v) is 6.84. The van der Waals surface area contributed by atoms with E-state index in [0.29, 0.717) is 5.69 Å². The zero-order valence-electron chi connectivity index (χ0n) is 11.2. The topological polar surface area (TPSA) is 62.9 Å². The maximum Gasteiger partial charge on any atom is 0.153 e. The number of rotatable bonds is 0. The van der Waals surface area contributed by atoms with Gasteiger partial charge in [-0.25, -0.2) is 4.99 Å². The average molecular weight is 260 g/mol. The summed E-state index contributed by atoms with van der Waals surface area (Å²) >= 11 is 0. The minimum Gasteiger partial charge on any atom is -0.480 e. The van der Waals surface area contributed by atoms with Crippen LogP contribution in [-0.2, 0) is 0 Å². The third-order valence-corrected chi connectivity index (χ3v) is 3.55. The molecule has 3 rings (SSSR count). The highest BCUT2D eigenvalue weighted by atomic mass is 16.5. The number of amidine groups is 1. The summed E-state index contributed by atoms with van der Waals surface area (Å²) in [6.45, 7) is 6.14. The Morgan fingerprint density at radius 2 is 2.26 bits per heavy atom. The number of nitrogens with zero attached hydrogens (tertiary/aromatic N) is 2. The van der Waals surface area contributed by atoms with E-state index < -0.39 is 0 Å². The molecule has 2 aliphatic rings. The third kappa shape index (κ3) is 2.51. The highest BCUT2D eigenvalue weighted by Gasteiger charge is 2.25. The molecule has 0 saturated carbocycles. The van der Waals surface area contributed by atoms with Crippen LogP contribution in [-0.4, -0.2) is 43.0 Å². The molecule has 1 saturated heterocycles. The molecule has 0 aliphatic carbocycles. The molecule has 1 fully saturated rings. The molecule has 102 valence electrons. The van der Waals surface area contributed by atoms with Gasteiger partial charge in [0.25, 0.3) is 0 Å². The summed E-state index contributed by atoms with van der Waals surface area (Å²) < 4.78 is 5.95. The largest absolute Gasteiger partial charge is 0.480 e. The Labute approximate surface area is 113 Å². The number of aliphatic imine (C=N–C) groups is 1. The predicted molar refractivity (Wildman–Crippen MR) is 77.1 cm³/mol. The van der Waals surface area contributed by atoms with E-state index in [2.05, 4.69) is 10.2 Å². The van der Waals surface area contributed by atoms with E-state index in [1.54, 1.807) is 0 Å². The maximum absolute atomic E-state index is 5.95. The molecular formula is C14H20N4O. The van der Waals surface area contributed by atoms with Crippen LogP contribution in [0.4, 0.5) is 11.4 Å². The van der Waals surface area contributed by atoms with Gasteiger partial charge in [-0.15, -0.1) is 0 Å². The van der Waals surface area contributed by atoms with Crippen molar-refractivity contribution in [3.05, 3.63) is 18.2 Å². The minimum absolute atomic E-state index is 0.0209. The van der Waals surface area contributed by atoms with E-state index in [9.17, 15) is 0 Å². The van der Waals surface area contributed by atoms with Gasteiger partial charge < -0.3 is 20.7 Å². The molecule has 2 aliphatic heterocycles. The second-order valence-corrected chi connectivity index (χ2v) is 5.05. The number of fused-ring (bicyclic) bond motifs is 1. The second kappa shape index (κ2) is 5.09. The number of benzene rings is 1. The fourth-order valence-electron chi connectivity index (χ4n) is 2.58. The van der Waals surface area contributed by atoms with Gasteiger partial charge in [0.2, 0.25) is 0 Å². The monoisotopic (exact) mass is 260 g/mol. The van der Waals surface area contributed by atoms with Crippen molar-refractivity contribution in [2.75, 3.05) is 31.9 Å². The first-order valence-electron chi connectivity index (χ1n) is 6.84. The van der Waals surface area contributed by atoms with Crippen LogP contribution in [0.2, 0.25) is 0 Å². The van der Waals surface area contributed by atoms with Crippen LogP contribution < -0.4 is 15.8 Å². The van der Waals surface area contributed by atoms with E-state index in [1.165, 1.54) is 0 Å². The highest BCUT2D eigenvalue weighted by Crippen LogP contribution is 2.34. The van der Waals surface area contributed by atoms with Gasteiger partial charge in [-0.3, -0.25) is 0 Å². The molecule has 0 spiro atoms. The highest BCUT2D eigenvalue weighted by molar-refractivity contribution is 5.91. The first kappa shape index (κ1) is 12.3. The number of anilines is 1. The lowest BCUT2D eigenvalue weighted by Gasteiger charge is -2.31. The lowest BCUT2D eigenvalue weighted by molar-refractivity contribution is 0.256. The Kier molecular flexibility index (Phi) is 3.29. The van der Waals surface area contributed by atoms with Crippen LogP contribution >= 0.6 is 0 Å². The Morgan fingerprint density at radius 1 is 1.37 bits per heavy atom. The smallest absolute Gasteiger partial charge is 0.153 e. The number of hydrogen-bond donors (Lipinski definition) is 2. The molecule has 0 radical (unpaired) electrons. The zero-order valence-corrected chi connectivity index (χ0v) is 11.2. The van der Waals surface area contributed by atoms with Crippen molar-refractivity contribution >= 4 is 17.2 Å². The van der Waals surface area contributed by atoms with Gasteiger partial charge in [-0.05, 0) is 32.0 Å². The quantitative estimate of drug-likeness (QED) is 0.692. The fourth-order valence-corrected chi connectivity index (χ4v) is 2.58. The van der Waals surface area contributed by atoms with Crippen molar-refractivity contribution in [1.82, 2.24) is 10.2 Å².